The Balaban J connectivity index is 2.99. The summed E-state index contributed by atoms with van der Waals surface area (Å²) in [5.41, 5.74) is 6.09. The maximum Gasteiger partial charge on any atom is 0.151 e. The summed E-state index contributed by atoms with van der Waals surface area (Å²) < 4.78 is 14.8. The highest BCUT2D eigenvalue weighted by molar-refractivity contribution is 5.35. The average Bonchev–Trinajstić information content (AvgIpc) is 2.20. The Kier molecular flexibility index (Phi) is 4.09. The van der Waals surface area contributed by atoms with Gasteiger partial charge >= 0.3 is 0 Å². The van der Waals surface area contributed by atoms with Gasteiger partial charge in [0, 0.05) is 25.5 Å². The zero-order valence-electron chi connectivity index (χ0n) is 9.07. The lowest BCUT2D eigenvalue weighted by Crippen LogP contribution is -2.18. The topological polar surface area (TPSA) is 43.3 Å². The van der Waals surface area contributed by atoms with Crippen LogP contribution >= 0.6 is 0 Å². The molecule has 0 radical (unpaired) electrons. The Hall–Kier alpha value is -1.58. The second-order valence-corrected chi connectivity index (χ2v) is 3.35. The minimum atomic E-state index is -0.434. The molecule has 0 aliphatic rings. The Morgan fingerprint density at radius 3 is 3.00 bits per heavy atom. The second kappa shape index (κ2) is 5.34. The third kappa shape index (κ3) is 3.23. The number of nitrogens with zero attached hydrogens (tertiary/aromatic N) is 2. The van der Waals surface area contributed by atoms with Crippen LogP contribution in [0.25, 0.3) is 0 Å². The Morgan fingerprint density at radius 2 is 2.33 bits per heavy atom. The molecule has 0 saturated heterocycles. The number of nitrogens with two attached hydrogens (primary N) is 1. The average molecular weight is 209 g/mol. The van der Waals surface area contributed by atoms with Gasteiger partial charge in [0.2, 0.25) is 0 Å². The molecule has 0 amide bonds. The van der Waals surface area contributed by atoms with Crippen LogP contribution in [0.2, 0.25) is 0 Å². The van der Waals surface area contributed by atoms with Crippen molar-refractivity contribution in [3.63, 3.8) is 0 Å². The minimum Gasteiger partial charge on any atom is -0.395 e. The minimum absolute atomic E-state index is 0.133. The van der Waals surface area contributed by atoms with Crippen molar-refractivity contribution in [2.45, 2.75) is 19.8 Å². The van der Waals surface area contributed by atoms with Crippen LogP contribution in [0.15, 0.2) is 29.5 Å². The van der Waals surface area contributed by atoms with Gasteiger partial charge in [-0.15, -0.1) is 0 Å². The van der Waals surface area contributed by atoms with Gasteiger partial charge in [-0.25, -0.2) is 9.38 Å². The molecule has 1 rings (SSSR count). The summed E-state index contributed by atoms with van der Waals surface area (Å²) in [6, 6.07) is 1.33. The number of aromatic nitrogens is 1. The van der Waals surface area contributed by atoms with E-state index in [2.05, 4.69) is 11.9 Å². The van der Waals surface area contributed by atoms with Crippen molar-refractivity contribution in [1.82, 2.24) is 4.57 Å². The van der Waals surface area contributed by atoms with Crippen LogP contribution in [-0.4, -0.2) is 4.57 Å². The van der Waals surface area contributed by atoms with Crippen molar-refractivity contribution in [2.75, 3.05) is 5.73 Å². The molecule has 0 aliphatic carbocycles. The molecule has 0 spiro atoms. The number of pyridine rings is 1. The summed E-state index contributed by atoms with van der Waals surface area (Å²) >= 11 is 0. The number of rotatable bonds is 3. The number of allylic oxidation sites excluding steroid dienone is 1. The van der Waals surface area contributed by atoms with E-state index in [1.165, 1.54) is 12.3 Å². The lowest BCUT2D eigenvalue weighted by Gasteiger charge is -2.01. The molecule has 0 fully saturated rings. The molecular formula is C11H16FN3. The van der Waals surface area contributed by atoms with Gasteiger partial charge in [-0.3, -0.25) is 0 Å². The molecule has 3 nitrogen and oxygen atoms in total. The van der Waals surface area contributed by atoms with E-state index in [1.54, 1.807) is 17.8 Å². The largest absolute Gasteiger partial charge is 0.395 e. The van der Waals surface area contributed by atoms with Crippen LogP contribution < -0.4 is 11.2 Å². The third-order valence-electron chi connectivity index (χ3n) is 1.99. The first-order valence-electron chi connectivity index (χ1n) is 4.95. The van der Waals surface area contributed by atoms with Gasteiger partial charge in [0.05, 0.1) is 5.69 Å². The fraction of sp³-hybridized carbons (Fsp3) is 0.364. The van der Waals surface area contributed by atoms with E-state index in [4.69, 9.17) is 5.73 Å². The molecule has 0 unspecified atom stereocenters. The van der Waals surface area contributed by atoms with Crippen molar-refractivity contribution >= 4 is 5.69 Å². The zero-order valence-corrected chi connectivity index (χ0v) is 9.07. The first kappa shape index (κ1) is 11.5. The Labute approximate surface area is 88.8 Å². The smallest absolute Gasteiger partial charge is 0.151 e. The molecule has 0 aliphatic heterocycles. The van der Waals surface area contributed by atoms with E-state index in [0.717, 1.165) is 12.8 Å². The number of hydrogen-bond donors (Lipinski definition) is 1. The first-order valence-corrected chi connectivity index (χ1v) is 4.95. The van der Waals surface area contributed by atoms with E-state index in [-0.39, 0.29) is 5.69 Å². The SMILES string of the molecule is CCC/C=C/N=c1cc(F)c(N)cn1C. The fourth-order valence-corrected chi connectivity index (χ4v) is 1.13. The van der Waals surface area contributed by atoms with Crippen molar-refractivity contribution in [3.05, 3.63) is 35.8 Å². The lowest BCUT2D eigenvalue weighted by atomic mass is 10.3. The lowest BCUT2D eigenvalue weighted by molar-refractivity contribution is 0.620. The standard InChI is InChI=1S/C11H16FN3/c1-3-4-5-6-14-11-7-9(12)10(13)8-15(11)2/h5-8H,3-4,13H2,1-2H3/b6-5+,14-11?. The number of hydrogen-bond acceptors (Lipinski definition) is 2. The zero-order chi connectivity index (χ0) is 11.3. The quantitative estimate of drug-likeness (QED) is 0.812. The maximum absolute atomic E-state index is 13.1. The predicted octanol–water partition coefficient (Wildman–Crippen LogP) is 1.96. The summed E-state index contributed by atoms with van der Waals surface area (Å²) in [5.74, 6) is -0.434. The highest BCUT2D eigenvalue weighted by Crippen LogP contribution is 2.03. The van der Waals surface area contributed by atoms with Gasteiger partial charge in [-0.2, -0.15) is 0 Å². The summed E-state index contributed by atoms with van der Waals surface area (Å²) in [4.78, 5) is 4.13. The monoisotopic (exact) mass is 209 g/mol. The van der Waals surface area contributed by atoms with E-state index >= 15 is 0 Å². The van der Waals surface area contributed by atoms with E-state index < -0.39 is 5.82 Å². The number of nitrogen functional groups attached to an aromatic ring is 1. The van der Waals surface area contributed by atoms with Crippen molar-refractivity contribution in [2.24, 2.45) is 12.0 Å². The van der Waals surface area contributed by atoms with Crippen LogP contribution in [-0.2, 0) is 7.05 Å². The molecule has 0 saturated carbocycles. The number of anilines is 1. The molecule has 1 aromatic heterocycles. The van der Waals surface area contributed by atoms with Gasteiger partial charge in [-0.1, -0.05) is 19.4 Å². The predicted molar refractivity (Wildman–Crippen MR) is 59.4 cm³/mol. The van der Waals surface area contributed by atoms with E-state index in [0.29, 0.717) is 5.49 Å². The molecule has 2 N–H and O–H groups in total. The molecular weight excluding hydrogens is 193 g/mol. The molecule has 1 aromatic rings. The van der Waals surface area contributed by atoms with Gasteiger partial charge in [0.1, 0.15) is 5.49 Å². The van der Waals surface area contributed by atoms with E-state index in [1.807, 2.05) is 6.08 Å². The normalized spacial score (nSPS) is 12.6. The molecule has 0 aromatic carbocycles. The molecule has 0 bridgehead atoms. The van der Waals surface area contributed by atoms with Gasteiger partial charge in [0.15, 0.2) is 5.82 Å². The number of aryl methyl sites for hydroxylation is 1. The van der Waals surface area contributed by atoms with Gasteiger partial charge < -0.3 is 10.3 Å². The van der Waals surface area contributed by atoms with Crippen LogP contribution in [0.1, 0.15) is 19.8 Å². The van der Waals surface area contributed by atoms with Crippen molar-refractivity contribution in [3.8, 4) is 0 Å². The fourth-order valence-electron chi connectivity index (χ4n) is 1.13. The summed E-state index contributed by atoms with van der Waals surface area (Å²) in [5, 5.41) is 0. The number of unbranched alkanes of at least 4 members (excludes halogenated alkanes) is 1. The molecule has 0 atom stereocenters. The van der Waals surface area contributed by atoms with Crippen LogP contribution in [0.3, 0.4) is 0 Å². The molecule has 1 heterocycles. The molecule has 82 valence electrons. The second-order valence-electron chi connectivity index (χ2n) is 3.35. The third-order valence-corrected chi connectivity index (χ3v) is 1.99. The van der Waals surface area contributed by atoms with Crippen molar-refractivity contribution < 1.29 is 4.39 Å². The molecule has 15 heavy (non-hydrogen) atoms. The summed E-state index contributed by atoms with van der Waals surface area (Å²) in [7, 11) is 1.78. The molecule has 4 heteroatoms. The van der Waals surface area contributed by atoms with E-state index in [9.17, 15) is 4.39 Å². The van der Waals surface area contributed by atoms with Crippen LogP contribution in [0, 0.1) is 5.82 Å². The van der Waals surface area contributed by atoms with Gasteiger partial charge in [0.25, 0.3) is 0 Å². The summed E-state index contributed by atoms with van der Waals surface area (Å²) in [6.45, 7) is 2.09. The first-order chi connectivity index (χ1) is 7.15. The Morgan fingerprint density at radius 1 is 1.60 bits per heavy atom. The highest BCUT2D eigenvalue weighted by atomic mass is 19.1. The number of halogens is 1. The summed E-state index contributed by atoms with van der Waals surface area (Å²) in [6.07, 6.45) is 7.21. The van der Waals surface area contributed by atoms with Crippen LogP contribution in [0.4, 0.5) is 10.1 Å². The highest BCUT2D eigenvalue weighted by Gasteiger charge is 1.97. The van der Waals surface area contributed by atoms with Crippen LogP contribution in [0.5, 0.6) is 0 Å². The van der Waals surface area contributed by atoms with Crippen molar-refractivity contribution in [1.29, 1.82) is 0 Å². The Bertz CT molecular complexity index is 418. The maximum atomic E-state index is 13.1. The van der Waals surface area contributed by atoms with Gasteiger partial charge in [-0.05, 0) is 6.42 Å².